The fourth-order valence-corrected chi connectivity index (χ4v) is 8.79. The fraction of sp³-hybridized carbons (Fsp3) is 0.948. The second kappa shape index (κ2) is 49.3. The van der Waals surface area contributed by atoms with Crippen molar-refractivity contribution in [3.8, 4) is 0 Å². The number of hydrogen-bond acceptors (Lipinski definition) is 6. The van der Waals surface area contributed by atoms with E-state index < -0.39 is 6.10 Å². The smallest absolute Gasteiger partial charge is 0.306 e. The van der Waals surface area contributed by atoms with Gasteiger partial charge in [0.15, 0.2) is 6.10 Å². The number of carbonyl (C=O) groups is 3. The molecule has 0 saturated carbocycles. The molecule has 0 bridgehead atoms. The fourth-order valence-electron chi connectivity index (χ4n) is 8.79. The van der Waals surface area contributed by atoms with E-state index in [4.69, 9.17) is 14.2 Å². The van der Waals surface area contributed by atoms with Gasteiger partial charge in [-0.2, -0.15) is 0 Å². The standard InChI is InChI=1S/C58H112O6/c1-7-54(6)46-40-34-27-23-19-15-12-13-17-21-25-29-37-43-49-58(61)64-55(51-63-57(60)48-42-36-31-30-33-39-45-53(4)5)50-62-56(59)47-41-35-28-24-20-16-11-9-8-10-14-18-22-26-32-38-44-52(2)3/h52-55H,7-51H2,1-6H3/t54?,55-/m0/s1. The van der Waals surface area contributed by atoms with Gasteiger partial charge in [-0.25, -0.2) is 0 Å². The summed E-state index contributed by atoms with van der Waals surface area (Å²) >= 11 is 0. The van der Waals surface area contributed by atoms with Gasteiger partial charge in [-0.1, -0.05) is 279 Å². The predicted octanol–water partition coefficient (Wildman–Crippen LogP) is 18.7. The molecule has 0 aliphatic heterocycles. The van der Waals surface area contributed by atoms with E-state index in [1.54, 1.807) is 0 Å². The molecule has 64 heavy (non-hydrogen) atoms. The third-order valence-corrected chi connectivity index (χ3v) is 13.5. The molecule has 0 heterocycles. The Morgan fingerprint density at radius 3 is 0.812 bits per heavy atom. The minimum Gasteiger partial charge on any atom is -0.462 e. The van der Waals surface area contributed by atoms with Crippen LogP contribution in [0.15, 0.2) is 0 Å². The molecule has 1 unspecified atom stereocenters. The van der Waals surface area contributed by atoms with Crippen LogP contribution < -0.4 is 0 Å². The molecule has 0 aromatic heterocycles. The summed E-state index contributed by atoms with van der Waals surface area (Å²) in [6.07, 6.45) is 51.1. The lowest BCUT2D eigenvalue weighted by molar-refractivity contribution is -0.167. The maximum atomic E-state index is 12.8. The third kappa shape index (κ3) is 49.8. The van der Waals surface area contributed by atoms with Crippen molar-refractivity contribution >= 4 is 17.9 Å². The summed E-state index contributed by atoms with van der Waals surface area (Å²) in [7, 11) is 0. The molecule has 0 aliphatic carbocycles. The maximum absolute atomic E-state index is 12.8. The van der Waals surface area contributed by atoms with Crippen LogP contribution >= 0.6 is 0 Å². The minimum absolute atomic E-state index is 0.0644. The molecule has 0 saturated heterocycles. The average Bonchev–Trinajstić information content (AvgIpc) is 3.27. The zero-order chi connectivity index (χ0) is 47.0. The van der Waals surface area contributed by atoms with Crippen molar-refractivity contribution in [2.75, 3.05) is 13.2 Å². The molecule has 2 atom stereocenters. The van der Waals surface area contributed by atoms with E-state index in [9.17, 15) is 14.4 Å². The van der Waals surface area contributed by atoms with Gasteiger partial charge in [0.05, 0.1) is 0 Å². The molecule has 6 nitrogen and oxygen atoms in total. The minimum atomic E-state index is -0.764. The maximum Gasteiger partial charge on any atom is 0.306 e. The van der Waals surface area contributed by atoms with Crippen LogP contribution in [0, 0.1) is 17.8 Å². The zero-order valence-corrected chi connectivity index (χ0v) is 44.1. The van der Waals surface area contributed by atoms with Gasteiger partial charge < -0.3 is 14.2 Å². The first-order chi connectivity index (χ1) is 31.1. The van der Waals surface area contributed by atoms with Gasteiger partial charge >= 0.3 is 17.9 Å². The first-order valence-corrected chi connectivity index (χ1v) is 28.6. The van der Waals surface area contributed by atoms with Gasteiger partial charge in [-0.05, 0) is 37.0 Å². The van der Waals surface area contributed by atoms with E-state index in [0.29, 0.717) is 19.3 Å². The molecule has 0 amide bonds. The van der Waals surface area contributed by atoms with Crippen LogP contribution in [0.25, 0.3) is 0 Å². The van der Waals surface area contributed by atoms with E-state index in [1.807, 2.05) is 0 Å². The largest absolute Gasteiger partial charge is 0.462 e. The number of hydrogen-bond donors (Lipinski definition) is 0. The van der Waals surface area contributed by atoms with Crippen LogP contribution in [0.1, 0.15) is 318 Å². The lowest BCUT2D eigenvalue weighted by atomic mass is 9.99. The van der Waals surface area contributed by atoms with Crippen molar-refractivity contribution in [1.82, 2.24) is 0 Å². The van der Waals surface area contributed by atoms with Crippen molar-refractivity contribution in [3.05, 3.63) is 0 Å². The summed E-state index contributed by atoms with van der Waals surface area (Å²) in [5, 5.41) is 0. The molecular weight excluding hydrogens is 793 g/mol. The Balaban J connectivity index is 4.22. The lowest BCUT2D eigenvalue weighted by Gasteiger charge is -2.18. The van der Waals surface area contributed by atoms with E-state index in [1.165, 1.54) is 199 Å². The molecule has 0 aliphatic rings. The molecule has 6 heteroatoms. The van der Waals surface area contributed by atoms with Crippen molar-refractivity contribution in [1.29, 1.82) is 0 Å². The topological polar surface area (TPSA) is 78.9 Å². The Kier molecular flexibility index (Phi) is 48.1. The highest BCUT2D eigenvalue weighted by molar-refractivity contribution is 5.71. The highest BCUT2D eigenvalue weighted by Gasteiger charge is 2.19. The summed E-state index contributed by atoms with van der Waals surface area (Å²) in [5.74, 6) is 1.66. The van der Waals surface area contributed by atoms with Crippen LogP contribution in [-0.4, -0.2) is 37.2 Å². The number of ether oxygens (including phenoxy) is 3. The molecule has 0 rings (SSSR count). The highest BCUT2D eigenvalue weighted by atomic mass is 16.6. The third-order valence-electron chi connectivity index (χ3n) is 13.5. The van der Waals surface area contributed by atoms with E-state index in [0.717, 1.165) is 75.5 Å². The first kappa shape index (κ1) is 62.4. The Bertz CT molecular complexity index is 993. The summed E-state index contributed by atoms with van der Waals surface area (Å²) in [4.78, 5) is 38.0. The highest BCUT2D eigenvalue weighted by Crippen LogP contribution is 2.19. The van der Waals surface area contributed by atoms with Crippen LogP contribution in [0.4, 0.5) is 0 Å². The second-order valence-electron chi connectivity index (χ2n) is 21.1. The summed E-state index contributed by atoms with van der Waals surface area (Å²) in [6.45, 7) is 13.7. The quantitative estimate of drug-likeness (QED) is 0.0344. The predicted molar refractivity (Wildman–Crippen MR) is 275 cm³/mol. The summed E-state index contributed by atoms with van der Waals surface area (Å²) in [6, 6.07) is 0. The van der Waals surface area contributed by atoms with Gasteiger partial charge in [-0.3, -0.25) is 14.4 Å². The monoisotopic (exact) mass is 905 g/mol. The summed E-state index contributed by atoms with van der Waals surface area (Å²) < 4.78 is 16.8. The molecule has 0 radical (unpaired) electrons. The van der Waals surface area contributed by atoms with Gasteiger partial charge in [0.1, 0.15) is 13.2 Å². The molecule has 0 fully saturated rings. The molecule has 0 spiro atoms. The molecule has 0 aromatic carbocycles. The number of unbranched alkanes of at least 4 members (excludes halogenated alkanes) is 33. The van der Waals surface area contributed by atoms with Crippen molar-refractivity contribution in [3.63, 3.8) is 0 Å². The molecular formula is C58H112O6. The Labute approximate surface area is 399 Å². The number of esters is 3. The van der Waals surface area contributed by atoms with Crippen molar-refractivity contribution < 1.29 is 28.6 Å². The summed E-state index contributed by atoms with van der Waals surface area (Å²) in [5.41, 5.74) is 0. The Hall–Kier alpha value is -1.59. The van der Waals surface area contributed by atoms with Crippen LogP contribution in [0.3, 0.4) is 0 Å². The van der Waals surface area contributed by atoms with Gasteiger partial charge in [-0.15, -0.1) is 0 Å². The number of carbonyl (C=O) groups excluding carboxylic acids is 3. The number of rotatable bonds is 51. The van der Waals surface area contributed by atoms with Gasteiger partial charge in [0.25, 0.3) is 0 Å². The first-order valence-electron chi connectivity index (χ1n) is 28.6. The van der Waals surface area contributed by atoms with Crippen molar-refractivity contribution in [2.45, 2.75) is 324 Å². The van der Waals surface area contributed by atoms with Crippen LogP contribution in [0.5, 0.6) is 0 Å². The van der Waals surface area contributed by atoms with E-state index >= 15 is 0 Å². The van der Waals surface area contributed by atoms with Crippen molar-refractivity contribution in [2.24, 2.45) is 17.8 Å². The Morgan fingerprint density at radius 2 is 0.547 bits per heavy atom. The zero-order valence-electron chi connectivity index (χ0n) is 44.1. The Morgan fingerprint density at radius 1 is 0.312 bits per heavy atom. The van der Waals surface area contributed by atoms with Gasteiger partial charge in [0.2, 0.25) is 0 Å². The average molecular weight is 906 g/mol. The SMILES string of the molecule is CCC(C)CCCCCCCCCCCCCCCCC(=O)O[C@@H](COC(=O)CCCCCCCCCCCCCCCCCCC(C)C)COC(=O)CCCCCCCCC(C)C. The van der Waals surface area contributed by atoms with E-state index in [2.05, 4.69) is 41.5 Å². The van der Waals surface area contributed by atoms with Crippen LogP contribution in [0.2, 0.25) is 0 Å². The molecule has 380 valence electrons. The van der Waals surface area contributed by atoms with Gasteiger partial charge in [0, 0.05) is 19.3 Å². The van der Waals surface area contributed by atoms with E-state index in [-0.39, 0.29) is 31.1 Å². The lowest BCUT2D eigenvalue weighted by Crippen LogP contribution is -2.30. The molecule has 0 N–H and O–H groups in total. The second-order valence-corrected chi connectivity index (χ2v) is 21.1. The normalized spacial score (nSPS) is 12.6. The van der Waals surface area contributed by atoms with Crippen LogP contribution in [-0.2, 0) is 28.6 Å². The molecule has 0 aromatic rings.